The zero-order valence-corrected chi connectivity index (χ0v) is 15.0. The van der Waals surface area contributed by atoms with Crippen molar-refractivity contribution in [1.29, 1.82) is 0 Å². The van der Waals surface area contributed by atoms with Gasteiger partial charge < -0.3 is 15.5 Å². The predicted octanol–water partition coefficient (Wildman–Crippen LogP) is 2.11. The van der Waals surface area contributed by atoms with Crippen molar-refractivity contribution in [3.63, 3.8) is 0 Å². The highest BCUT2D eigenvalue weighted by Gasteiger charge is 2.22. The van der Waals surface area contributed by atoms with Crippen molar-refractivity contribution in [3.05, 3.63) is 35.4 Å². The van der Waals surface area contributed by atoms with Gasteiger partial charge in [-0.1, -0.05) is 0 Å². The summed E-state index contributed by atoms with van der Waals surface area (Å²) in [5, 5.41) is 5.74. The SMILES string of the molecule is CNC1CCCN(C(=O)CCCNC(=O)c2ccc(F)cc2F)C1.Cl. The summed E-state index contributed by atoms with van der Waals surface area (Å²) in [7, 11) is 1.89. The number of carbonyl (C=O) groups is 2. The lowest BCUT2D eigenvalue weighted by Gasteiger charge is -2.32. The summed E-state index contributed by atoms with van der Waals surface area (Å²) in [4.78, 5) is 25.8. The third kappa shape index (κ3) is 6.25. The molecule has 0 spiro atoms. The van der Waals surface area contributed by atoms with Gasteiger partial charge in [-0.3, -0.25) is 9.59 Å². The van der Waals surface area contributed by atoms with Crippen LogP contribution in [-0.4, -0.2) is 49.4 Å². The molecule has 1 aromatic rings. The molecule has 1 aromatic carbocycles. The number of likely N-dealkylation sites (N-methyl/N-ethyl adjacent to an activating group) is 1. The van der Waals surface area contributed by atoms with Crippen LogP contribution in [0.15, 0.2) is 18.2 Å². The summed E-state index contributed by atoms with van der Waals surface area (Å²) in [6.07, 6.45) is 2.87. The molecule has 5 nitrogen and oxygen atoms in total. The standard InChI is InChI=1S/C17H23F2N3O2.ClH/c1-20-13-4-3-9-22(11-13)16(23)5-2-8-21-17(24)14-7-6-12(18)10-15(14)19;/h6-7,10,13,20H,2-5,8-9,11H2,1H3,(H,21,24);1H. The van der Waals surface area contributed by atoms with Gasteiger partial charge in [0.25, 0.3) is 5.91 Å². The lowest BCUT2D eigenvalue weighted by Crippen LogP contribution is -2.47. The smallest absolute Gasteiger partial charge is 0.254 e. The molecule has 0 saturated carbocycles. The van der Waals surface area contributed by atoms with E-state index in [4.69, 9.17) is 0 Å². The van der Waals surface area contributed by atoms with E-state index in [1.54, 1.807) is 0 Å². The molecule has 1 aliphatic rings. The second-order valence-electron chi connectivity index (χ2n) is 5.95. The molecule has 140 valence electrons. The summed E-state index contributed by atoms with van der Waals surface area (Å²) >= 11 is 0. The number of likely N-dealkylation sites (tertiary alicyclic amines) is 1. The first-order valence-electron chi connectivity index (χ1n) is 8.19. The molecule has 2 rings (SSSR count). The van der Waals surface area contributed by atoms with E-state index >= 15 is 0 Å². The molecule has 0 bridgehead atoms. The van der Waals surface area contributed by atoms with Crippen LogP contribution in [0, 0.1) is 11.6 Å². The van der Waals surface area contributed by atoms with Crippen molar-refractivity contribution in [2.75, 3.05) is 26.7 Å². The van der Waals surface area contributed by atoms with E-state index in [2.05, 4.69) is 10.6 Å². The molecule has 2 N–H and O–H groups in total. The van der Waals surface area contributed by atoms with E-state index in [0.29, 0.717) is 31.5 Å². The second-order valence-corrected chi connectivity index (χ2v) is 5.95. The number of halogens is 3. The fourth-order valence-electron chi connectivity index (χ4n) is 2.81. The van der Waals surface area contributed by atoms with Gasteiger partial charge in [0.2, 0.25) is 5.91 Å². The van der Waals surface area contributed by atoms with Crippen LogP contribution in [0.1, 0.15) is 36.0 Å². The minimum Gasteiger partial charge on any atom is -0.352 e. The zero-order valence-electron chi connectivity index (χ0n) is 14.2. The van der Waals surface area contributed by atoms with Crippen molar-refractivity contribution >= 4 is 24.2 Å². The third-order valence-corrected chi connectivity index (χ3v) is 4.21. The van der Waals surface area contributed by atoms with E-state index in [-0.39, 0.29) is 30.4 Å². The number of nitrogens with zero attached hydrogens (tertiary/aromatic N) is 1. The van der Waals surface area contributed by atoms with Gasteiger partial charge in [0, 0.05) is 38.2 Å². The normalized spacial score (nSPS) is 16.9. The monoisotopic (exact) mass is 375 g/mol. The Morgan fingerprint density at radius 1 is 1.32 bits per heavy atom. The molecule has 1 aliphatic heterocycles. The van der Waals surface area contributed by atoms with E-state index in [1.807, 2.05) is 11.9 Å². The Bertz CT molecular complexity index is 601. The van der Waals surface area contributed by atoms with Crippen LogP contribution in [0.4, 0.5) is 8.78 Å². The molecular weight excluding hydrogens is 352 g/mol. The average molecular weight is 376 g/mol. The summed E-state index contributed by atoms with van der Waals surface area (Å²) < 4.78 is 26.3. The largest absolute Gasteiger partial charge is 0.352 e. The molecule has 1 saturated heterocycles. The van der Waals surface area contributed by atoms with Crippen molar-refractivity contribution in [2.24, 2.45) is 0 Å². The van der Waals surface area contributed by atoms with Gasteiger partial charge in [-0.25, -0.2) is 8.78 Å². The number of hydrogen-bond acceptors (Lipinski definition) is 3. The fourth-order valence-corrected chi connectivity index (χ4v) is 2.81. The van der Waals surface area contributed by atoms with Crippen molar-refractivity contribution in [2.45, 2.75) is 31.7 Å². The minimum atomic E-state index is -0.894. The first-order chi connectivity index (χ1) is 11.5. The maximum absolute atomic E-state index is 13.5. The van der Waals surface area contributed by atoms with Gasteiger partial charge in [0.15, 0.2) is 0 Å². The minimum absolute atomic E-state index is 0. The van der Waals surface area contributed by atoms with Crippen LogP contribution in [0.3, 0.4) is 0 Å². The van der Waals surface area contributed by atoms with E-state index in [1.165, 1.54) is 0 Å². The molecule has 0 aromatic heterocycles. The average Bonchev–Trinajstić information content (AvgIpc) is 2.58. The molecule has 0 radical (unpaired) electrons. The first-order valence-corrected chi connectivity index (χ1v) is 8.19. The number of nitrogens with one attached hydrogen (secondary N) is 2. The summed E-state index contributed by atoms with van der Waals surface area (Å²) in [5.74, 6) is -2.16. The number of amides is 2. The fraction of sp³-hybridized carbons (Fsp3) is 0.529. The van der Waals surface area contributed by atoms with Gasteiger partial charge in [-0.05, 0) is 38.4 Å². The molecular formula is C17H24ClF2N3O2. The Kier molecular flexibility index (Phi) is 8.78. The lowest BCUT2D eigenvalue weighted by molar-refractivity contribution is -0.132. The lowest BCUT2D eigenvalue weighted by atomic mass is 10.1. The van der Waals surface area contributed by atoms with Crippen LogP contribution in [0.5, 0.6) is 0 Å². The maximum atomic E-state index is 13.5. The Labute approximate surface area is 152 Å². The molecule has 1 atom stereocenters. The molecule has 0 aliphatic carbocycles. The van der Waals surface area contributed by atoms with Crippen LogP contribution in [-0.2, 0) is 4.79 Å². The van der Waals surface area contributed by atoms with Gasteiger partial charge in [0.1, 0.15) is 11.6 Å². The third-order valence-electron chi connectivity index (χ3n) is 4.21. The van der Waals surface area contributed by atoms with Crippen LogP contribution >= 0.6 is 12.4 Å². The van der Waals surface area contributed by atoms with E-state index in [9.17, 15) is 18.4 Å². The number of carbonyl (C=O) groups excluding carboxylic acids is 2. The Hall–Kier alpha value is -1.73. The molecule has 1 heterocycles. The zero-order chi connectivity index (χ0) is 17.5. The topological polar surface area (TPSA) is 61.4 Å². The predicted molar refractivity (Wildman–Crippen MR) is 93.8 cm³/mol. The molecule has 1 unspecified atom stereocenters. The molecule has 8 heteroatoms. The van der Waals surface area contributed by atoms with Gasteiger partial charge in [-0.15, -0.1) is 12.4 Å². The van der Waals surface area contributed by atoms with E-state index in [0.717, 1.165) is 31.5 Å². The van der Waals surface area contributed by atoms with Crippen LogP contribution < -0.4 is 10.6 Å². The highest BCUT2D eigenvalue weighted by molar-refractivity contribution is 5.94. The number of hydrogen-bond donors (Lipinski definition) is 2. The number of piperidine rings is 1. The van der Waals surface area contributed by atoms with Gasteiger partial charge >= 0.3 is 0 Å². The summed E-state index contributed by atoms with van der Waals surface area (Å²) in [5.41, 5.74) is -0.199. The molecule has 25 heavy (non-hydrogen) atoms. The molecule has 1 fully saturated rings. The molecule has 2 amide bonds. The van der Waals surface area contributed by atoms with Crippen molar-refractivity contribution < 1.29 is 18.4 Å². The van der Waals surface area contributed by atoms with Crippen LogP contribution in [0.25, 0.3) is 0 Å². The van der Waals surface area contributed by atoms with Gasteiger partial charge in [0.05, 0.1) is 5.56 Å². The number of rotatable bonds is 6. The van der Waals surface area contributed by atoms with Crippen molar-refractivity contribution in [3.8, 4) is 0 Å². The second kappa shape index (κ2) is 10.3. The maximum Gasteiger partial charge on any atom is 0.254 e. The van der Waals surface area contributed by atoms with Crippen LogP contribution in [0.2, 0.25) is 0 Å². The van der Waals surface area contributed by atoms with Crippen molar-refractivity contribution in [1.82, 2.24) is 15.5 Å². The summed E-state index contributed by atoms with van der Waals surface area (Å²) in [6.45, 7) is 1.75. The first kappa shape index (κ1) is 21.3. The number of benzene rings is 1. The Morgan fingerprint density at radius 2 is 2.08 bits per heavy atom. The van der Waals surface area contributed by atoms with E-state index < -0.39 is 17.5 Å². The highest BCUT2D eigenvalue weighted by Crippen LogP contribution is 2.12. The Balaban J connectivity index is 0.00000312. The quantitative estimate of drug-likeness (QED) is 0.749. The summed E-state index contributed by atoms with van der Waals surface area (Å²) in [6, 6.07) is 3.16. The van der Waals surface area contributed by atoms with Gasteiger partial charge in [-0.2, -0.15) is 0 Å². The Morgan fingerprint density at radius 3 is 2.76 bits per heavy atom. The highest BCUT2D eigenvalue weighted by atomic mass is 35.5.